The van der Waals surface area contributed by atoms with E-state index in [1.807, 2.05) is 20.8 Å². The number of carboxylic acids is 1. The fraction of sp³-hybridized carbons (Fsp3) is 0.867. The highest BCUT2D eigenvalue weighted by Crippen LogP contribution is 2.52. The minimum absolute atomic E-state index is 0.0819. The summed E-state index contributed by atoms with van der Waals surface area (Å²) >= 11 is 0. The fourth-order valence-electron chi connectivity index (χ4n) is 3.37. The normalized spacial score (nSPS) is 30.6. The molecule has 0 saturated heterocycles. The molecule has 0 heterocycles. The third kappa shape index (κ3) is 3.07. The lowest BCUT2D eigenvalue weighted by molar-refractivity contribution is -0.154. The third-order valence-corrected chi connectivity index (χ3v) is 4.58. The number of nitrogens with one attached hydrogen (secondary N) is 1. The SMILES string of the molecule is CC(C)(C)OC(=O)NC1CCC(C(=O)O)(C2CCC2)C1. The summed E-state index contributed by atoms with van der Waals surface area (Å²) in [4.78, 5) is 23.4. The van der Waals surface area contributed by atoms with Crippen LogP contribution in [0.15, 0.2) is 0 Å². The lowest BCUT2D eigenvalue weighted by atomic mass is 9.64. The van der Waals surface area contributed by atoms with Crippen LogP contribution in [0.4, 0.5) is 4.79 Å². The Balaban J connectivity index is 1.93. The van der Waals surface area contributed by atoms with Gasteiger partial charge in [-0.25, -0.2) is 4.79 Å². The van der Waals surface area contributed by atoms with Gasteiger partial charge in [-0.3, -0.25) is 4.79 Å². The highest BCUT2D eigenvalue weighted by molar-refractivity contribution is 5.76. The number of amides is 1. The Kier molecular flexibility index (Phi) is 3.98. The lowest BCUT2D eigenvalue weighted by Crippen LogP contribution is -2.43. The zero-order chi connectivity index (χ0) is 15.0. The molecule has 2 aliphatic rings. The molecule has 2 N–H and O–H groups in total. The first kappa shape index (κ1) is 15.1. The summed E-state index contributed by atoms with van der Waals surface area (Å²) < 4.78 is 5.23. The van der Waals surface area contributed by atoms with Gasteiger partial charge in [-0.05, 0) is 58.8 Å². The molecule has 2 fully saturated rings. The first-order chi connectivity index (χ1) is 9.23. The quantitative estimate of drug-likeness (QED) is 0.835. The molecule has 0 bridgehead atoms. The number of hydrogen-bond donors (Lipinski definition) is 2. The standard InChI is InChI=1S/C15H25NO4/c1-14(2,3)20-13(19)16-11-7-8-15(9-11,12(17)18)10-5-4-6-10/h10-11H,4-9H2,1-3H3,(H,16,19)(H,17,18). The molecular weight excluding hydrogens is 258 g/mol. The van der Waals surface area contributed by atoms with Gasteiger partial charge in [0, 0.05) is 6.04 Å². The molecule has 5 nitrogen and oxygen atoms in total. The van der Waals surface area contributed by atoms with E-state index in [2.05, 4.69) is 5.32 Å². The molecule has 2 saturated carbocycles. The van der Waals surface area contributed by atoms with E-state index in [9.17, 15) is 14.7 Å². The number of hydrogen-bond acceptors (Lipinski definition) is 3. The highest BCUT2D eigenvalue weighted by Gasteiger charge is 2.52. The van der Waals surface area contributed by atoms with Crippen LogP contribution in [0.5, 0.6) is 0 Å². The molecule has 0 aromatic carbocycles. The van der Waals surface area contributed by atoms with Crippen molar-refractivity contribution in [1.82, 2.24) is 5.32 Å². The van der Waals surface area contributed by atoms with Crippen LogP contribution in [-0.4, -0.2) is 28.8 Å². The van der Waals surface area contributed by atoms with E-state index in [4.69, 9.17) is 4.74 Å². The smallest absolute Gasteiger partial charge is 0.407 e. The number of carboxylic acid groups (broad SMARTS) is 1. The van der Waals surface area contributed by atoms with Crippen LogP contribution in [-0.2, 0) is 9.53 Å². The summed E-state index contributed by atoms with van der Waals surface area (Å²) in [5.41, 5.74) is -1.15. The fourth-order valence-corrected chi connectivity index (χ4v) is 3.37. The van der Waals surface area contributed by atoms with E-state index in [1.54, 1.807) is 0 Å². The zero-order valence-electron chi connectivity index (χ0n) is 12.6. The zero-order valence-corrected chi connectivity index (χ0v) is 12.6. The van der Waals surface area contributed by atoms with Crippen LogP contribution < -0.4 is 5.32 Å². The maximum atomic E-state index is 11.8. The average molecular weight is 283 g/mol. The van der Waals surface area contributed by atoms with Gasteiger partial charge in [0.25, 0.3) is 0 Å². The molecule has 20 heavy (non-hydrogen) atoms. The number of aliphatic carboxylic acids is 1. The van der Waals surface area contributed by atoms with Gasteiger partial charge in [0.1, 0.15) is 5.60 Å². The summed E-state index contributed by atoms with van der Waals surface area (Å²) in [5.74, 6) is -0.416. The molecule has 5 heteroatoms. The highest BCUT2D eigenvalue weighted by atomic mass is 16.6. The topological polar surface area (TPSA) is 75.6 Å². The van der Waals surface area contributed by atoms with Crippen LogP contribution in [0.3, 0.4) is 0 Å². The van der Waals surface area contributed by atoms with Gasteiger partial charge >= 0.3 is 12.1 Å². The molecule has 0 radical (unpaired) electrons. The van der Waals surface area contributed by atoms with E-state index < -0.39 is 23.1 Å². The van der Waals surface area contributed by atoms with E-state index in [0.29, 0.717) is 12.8 Å². The van der Waals surface area contributed by atoms with E-state index in [1.165, 1.54) is 0 Å². The predicted octanol–water partition coefficient (Wildman–Crippen LogP) is 2.93. The number of carbonyl (C=O) groups excluding carboxylic acids is 1. The Hall–Kier alpha value is -1.26. The second-order valence-corrected chi connectivity index (χ2v) is 7.18. The van der Waals surface area contributed by atoms with Crippen molar-refractivity contribution < 1.29 is 19.4 Å². The van der Waals surface area contributed by atoms with Gasteiger partial charge in [-0.2, -0.15) is 0 Å². The van der Waals surface area contributed by atoms with Crippen molar-refractivity contribution in [2.24, 2.45) is 11.3 Å². The summed E-state index contributed by atoms with van der Waals surface area (Å²) in [7, 11) is 0. The summed E-state index contributed by atoms with van der Waals surface area (Å²) in [6.07, 6.45) is 4.61. The van der Waals surface area contributed by atoms with Crippen molar-refractivity contribution in [3.63, 3.8) is 0 Å². The largest absolute Gasteiger partial charge is 0.481 e. The first-order valence-corrected chi connectivity index (χ1v) is 7.46. The summed E-state index contributed by atoms with van der Waals surface area (Å²) in [5, 5.41) is 12.4. The van der Waals surface area contributed by atoms with Crippen LogP contribution in [0.25, 0.3) is 0 Å². The van der Waals surface area contributed by atoms with Gasteiger partial charge in [0.15, 0.2) is 0 Å². The van der Waals surface area contributed by atoms with Crippen molar-refractivity contribution in [3.8, 4) is 0 Å². The molecular formula is C15H25NO4. The van der Waals surface area contributed by atoms with E-state index in [-0.39, 0.29) is 12.0 Å². The third-order valence-electron chi connectivity index (χ3n) is 4.58. The Morgan fingerprint density at radius 1 is 1.25 bits per heavy atom. The number of alkyl carbamates (subject to hydrolysis) is 1. The average Bonchev–Trinajstić information content (AvgIpc) is 2.57. The Bertz CT molecular complexity index is 397. The van der Waals surface area contributed by atoms with Crippen molar-refractivity contribution >= 4 is 12.1 Å². The second-order valence-electron chi connectivity index (χ2n) is 7.18. The molecule has 2 unspecified atom stereocenters. The molecule has 1 amide bonds. The predicted molar refractivity (Wildman–Crippen MR) is 74.4 cm³/mol. The lowest BCUT2D eigenvalue weighted by Gasteiger charge is -2.39. The van der Waals surface area contributed by atoms with E-state index in [0.717, 1.165) is 25.7 Å². The van der Waals surface area contributed by atoms with Gasteiger partial charge in [0.05, 0.1) is 5.41 Å². The molecule has 2 rings (SSSR count). The molecule has 0 aromatic heterocycles. The molecule has 114 valence electrons. The second kappa shape index (κ2) is 5.26. The number of rotatable bonds is 3. The van der Waals surface area contributed by atoms with E-state index >= 15 is 0 Å². The summed E-state index contributed by atoms with van der Waals surface area (Å²) in [6.45, 7) is 5.45. The van der Waals surface area contributed by atoms with Crippen molar-refractivity contribution in [1.29, 1.82) is 0 Å². The van der Waals surface area contributed by atoms with Crippen LogP contribution in [0.1, 0.15) is 59.3 Å². The molecule has 2 aliphatic carbocycles. The minimum atomic E-state index is -0.698. The van der Waals surface area contributed by atoms with Crippen molar-refractivity contribution in [3.05, 3.63) is 0 Å². The number of carbonyl (C=O) groups is 2. The van der Waals surface area contributed by atoms with Gasteiger partial charge in [0.2, 0.25) is 0 Å². The van der Waals surface area contributed by atoms with Crippen molar-refractivity contribution in [2.75, 3.05) is 0 Å². The van der Waals surface area contributed by atoms with Crippen LogP contribution >= 0.6 is 0 Å². The van der Waals surface area contributed by atoms with Crippen LogP contribution in [0.2, 0.25) is 0 Å². The first-order valence-electron chi connectivity index (χ1n) is 7.46. The monoisotopic (exact) mass is 283 g/mol. The minimum Gasteiger partial charge on any atom is -0.481 e. The maximum Gasteiger partial charge on any atom is 0.407 e. The van der Waals surface area contributed by atoms with Crippen molar-refractivity contribution in [2.45, 2.75) is 70.9 Å². The number of ether oxygens (including phenoxy) is 1. The van der Waals surface area contributed by atoms with Gasteiger partial charge < -0.3 is 15.2 Å². The summed E-state index contributed by atoms with van der Waals surface area (Å²) in [6, 6.07) is -0.0819. The van der Waals surface area contributed by atoms with Crippen LogP contribution in [0, 0.1) is 11.3 Å². The molecule has 0 aliphatic heterocycles. The molecule has 0 spiro atoms. The Morgan fingerprint density at radius 3 is 2.35 bits per heavy atom. The molecule has 0 aromatic rings. The Morgan fingerprint density at radius 2 is 1.90 bits per heavy atom. The Labute approximate surface area is 120 Å². The van der Waals surface area contributed by atoms with Gasteiger partial charge in [-0.1, -0.05) is 6.42 Å². The van der Waals surface area contributed by atoms with Gasteiger partial charge in [-0.15, -0.1) is 0 Å². The maximum absolute atomic E-state index is 11.8. The molecule has 2 atom stereocenters.